The van der Waals surface area contributed by atoms with Crippen LogP contribution < -0.4 is 9.64 Å². The van der Waals surface area contributed by atoms with E-state index in [0.29, 0.717) is 5.75 Å². The van der Waals surface area contributed by atoms with Gasteiger partial charge in [0.05, 0.1) is 12.5 Å². The van der Waals surface area contributed by atoms with E-state index < -0.39 is 0 Å². The number of hydrogen-bond donors (Lipinski definition) is 1. The van der Waals surface area contributed by atoms with Crippen LogP contribution in [0.25, 0.3) is 0 Å². The largest absolute Gasteiger partial charge is 0.508 e. The monoisotopic (exact) mass is 529 g/mol. The number of hydrogen-bond acceptors (Lipinski definition) is 3. The molecule has 0 unspecified atom stereocenters. The zero-order valence-electron chi connectivity index (χ0n) is 23.5. The standard InChI is InChI=1S/C33H37ClN2O2/c1-32(2)25-19-23(37)13-15-27(25)35(5)29(32)17-11-21-9-8-10-22(31(21)34)12-18-30-33(3,4)26-20-24(38-7)14-16-28(26)36(30)6/h11-20H,8-10H2,1-7H3/p+1. The van der Waals surface area contributed by atoms with Gasteiger partial charge in [0.25, 0.3) is 0 Å². The Balaban J connectivity index is 1.45. The van der Waals surface area contributed by atoms with Crippen LogP contribution in [0.2, 0.25) is 0 Å². The minimum absolute atomic E-state index is 0.137. The third-order valence-corrected chi connectivity index (χ3v) is 9.08. The van der Waals surface area contributed by atoms with E-state index in [1.807, 2.05) is 18.2 Å². The van der Waals surface area contributed by atoms with Gasteiger partial charge in [-0.15, -0.1) is 0 Å². The maximum absolute atomic E-state index is 10.1. The number of methoxy groups -OCH3 is 1. The van der Waals surface area contributed by atoms with Crippen LogP contribution in [-0.2, 0) is 10.8 Å². The predicted molar refractivity (Wildman–Crippen MR) is 158 cm³/mol. The van der Waals surface area contributed by atoms with Crippen LogP contribution in [0.4, 0.5) is 11.4 Å². The summed E-state index contributed by atoms with van der Waals surface area (Å²) < 4.78 is 7.77. The van der Waals surface area contributed by atoms with E-state index >= 15 is 0 Å². The van der Waals surface area contributed by atoms with Crippen LogP contribution >= 0.6 is 11.6 Å². The van der Waals surface area contributed by atoms with Gasteiger partial charge < -0.3 is 14.7 Å². The molecule has 0 aromatic heterocycles. The van der Waals surface area contributed by atoms with Crippen molar-refractivity contribution in [2.45, 2.75) is 57.8 Å². The van der Waals surface area contributed by atoms with Crippen LogP contribution in [0.15, 0.2) is 82.6 Å². The lowest BCUT2D eigenvalue weighted by Gasteiger charge is -2.24. The van der Waals surface area contributed by atoms with Crippen molar-refractivity contribution in [3.8, 4) is 11.5 Å². The lowest BCUT2D eigenvalue weighted by Crippen LogP contribution is -2.26. The highest BCUT2D eigenvalue weighted by atomic mass is 35.5. The third kappa shape index (κ3) is 4.19. The Morgan fingerprint density at radius 2 is 1.74 bits per heavy atom. The molecule has 0 amide bonds. The van der Waals surface area contributed by atoms with Crippen molar-refractivity contribution >= 4 is 28.7 Å². The molecule has 0 spiro atoms. The summed E-state index contributed by atoms with van der Waals surface area (Å²) in [6.07, 6.45) is 11.8. The molecule has 1 aliphatic carbocycles. The Kier molecular flexibility index (Phi) is 6.59. The minimum atomic E-state index is -0.208. The fourth-order valence-electron chi connectivity index (χ4n) is 6.33. The zero-order chi connectivity index (χ0) is 27.4. The maximum Gasteiger partial charge on any atom is 0.209 e. The molecule has 1 N–H and O–H groups in total. The fourth-order valence-corrected chi connectivity index (χ4v) is 6.65. The number of benzene rings is 2. The molecule has 5 rings (SSSR count). The van der Waals surface area contributed by atoms with Gasteiger partial charge in [-0.2, -0.15) is 4.58 Å². The first-order valence-corrected chi connectivity index (χ1v) is 13.7. The third-order valence-electron chi connectivity index (χ3n) is 8.60. The molecule has 2 heterocycles. The van der Waals surface area contributed by atoms with Crippen molar-refractivity contribution in [3.63, 3.8) is 0 Å². The van der Waals surface area contributed by atoms with E-state index in [2.05, 4.69) is 87.7 Å². The summed E-state index contributed by atoms with van der Waals surface area (Å²) in [5.41, 5.74) is 9.19. The molecule has 0 bridgehead atoms. The molecule has 2 aliphatic heterocycles. The van der Waals surface area contributed by atoms with Gasteiger partial charge in [-0.1, -0.05) is 37.6 Å². The molecule has 5 heteroatoms. The highest BCUT2D eigenvalue weighted by Crippen LogP contribution is 2.48. The number of ether oxygens (including phenoxy) is 1. The number of rotatable bonds is 4. The average molecular weight is 530 g/mol. The van der Waals surface area contributed by atoms with Crippen molar-refractivity contribution in [1.29, 1.82) is 0 Å². The van der Waals surface area contributed by atoms with E-state index in [-0.39, 0.29) is 10.8 Å². The lowest BCUT2D eigenvalue weighted by molar-refractivity contribution is -0.401. The molecule has 0 saturated carbocycles. The lowest BCUT2D eigenvalue weighted by atomic mass is 9.81. The van der Waals surface area contributed by atoms with E-state index in [9.17, 15) is 5.11 Å². The van der Waals surface area contributed by atoms with E-state index in [1.54, 1.807) is 13.2 Å². The van der Waals surface area contributed by atoms with Gasteiger partial charge in [0, 0.05) is 46.6 Å². The van der Waals surface area contributed by atoms with Crippen LogP contribution in [0.1, 0.15) is 58.1 Å². The van der Waals surface area contributed by atoms with Gasteiger partial charge in [-0.3, -0.25) is 0 Å². The Morgan fingerprint density at radius 3 is 2.47 bits per heavy atom. The molecule has 4 nitrogen and oxygen atoms in total. The molecule has 0 saturated heterocycles. The first-order chi connectivity index (χ1) is 18.0. The molecule has 0 radical (unpaired) electrons. The highest BCUT2D eigenvalue weighted by molar-refractivity contribution is 6.32. The smallest absolute Gasteiger partial charge is 0.209 e. The number of fused-ring (bicyclic) bond motifs is 2. The molecular formula is C33H38ClN2O2+. The van der Waals surface area contributed by atoms with Crippen molar-refractivity contribution in [2.24, 2.45) is 0 Å². The summed E-state index contributed by atoms with van der Waals surface area (Å²) in [4.78, 5) is 2.22. The summed E-state index contributed by atoms with van der Waals surface area (Å²) in [6, 6.07) is 11.9. The van der Waals surface area contributed by atoms with Gasteiger partial charge in [0.2, 0.25) is 5.69 Å². The van der Waals surface area contributed by atoms with Gasteiger partial charge in [0.1, 0.15) is 18.5 Å². The van der Waals surface area contributed by atoms with Crippen LogP contribution in [0, 0.1) is 0 Å². The van der Waals surface area contributed by atoms with E-state index in [0.717, 1.165) is 41.3 Å². The Labute approximate surface area is 231 Å². The summed E-state index contributed by atoms with van der Waals surface area (Å²) in [5.74, 6) is 1.18. The number of phenols is 1. The number of halogens is 1. The molecule has 38 heavy (non-hydrogen) atoms. The average Bonchev–Trinajstić information content (AvgIpc) is 3.19. The van der Waals surface area contributed by atoms with Crippen molar-refractivity contribution in [1.82, 2.24) is 0 Å². The first kappa shape index (κ1) is 26.4. The number of likely N-dealkylation sites (N-methyl/N-ethyl adjacent to an activating group) is 1. The quantitative estimate of drug-likeness (QED) is 0.409. The van der Waals surface area contributed by atoms with Crippen LogP contribution in [-0.4, -0.2) is 36.6 Å². The summed E-state index contributed by atoms with van der Waals surface area (Å²) in [7, 11) is 5.93. The van der Waals surface area contributed by atoms with Gasteiger partial charge in [-0.05, 0) is 86.2 Å². The Hall–Kier alpha value is -3.24. The van der Waals surface area contributed by atoms with Gasteiger partial charge in [0.15, 0.2) is 5.71 Å². The predicted octanol–water partition coefficient (Wildman–Crippen LogP) is 7.88. The Morgan fingerprint density at radius 1 is 0.974 bits per heavy atom. The van der Waals surface area contributed by atoms with Gasteiger partial charge in [-0.25, -0.2) is 0 Å². The molecule has 0 atom stereocenters. The zero-order valence-corrected chi connectivity index (χ0v) is 24.3. The van der Waals surface area contributed by atoms with Crippen molar-refractivity contribution in [2.75, 3.05) is 26.1 Å². The van der Waals surface area contributed by atoms with Gasteiger partial charge >= 0.3 is 0 Å². The molecule has 3 aliphatic rings. The number of nitrogens with zero attached hydrogens (tertiary/aromatic N) is 2. The Bertz CT molecular complexity index is 1470. The molecule has 198 valence electrons. The maximum atomic E-state index is 10.1. The topological polar surface area (TPSA) is 35.7 Å². The van der Waals surface area contributed by atoms with Crippen LogP contribution in [0.3, 0.4) is 0 Å². The number of anilines is 1. The first-order valence-electron chi connectivity index (χ1n) is 13.3. The number of phenolic OH excluding ortho intramolecular Hbond substituents is 1. The number of allylic oxidation sites excluding steroid dienone is 8. The van der Waals surface area contributed by atoms with Crippen LogP contribution in [0.5, 0.6) is 11.5 Å². The van der Waals surface area contributed by atoms with E-state index in [1.165, 1.54) is 33.8 Å². The highest BCUT2D eigenvalue weighted by Gasteiger charge is 2.43. The SMILES string of the molecule is COc1ccc2c(c1)C(C)(C)C(C=CC1=C(Cl)C(=CC=C3N(C)c4ccc(O)cc4C3(C)C)CCC1)=[N+]2C. The number of aromatic hydroxyl groups is 1. The molecule has 0 fully saturated rings. The fraction of sp³-hybridized carbons (Fsp3) is 0.364. The van der Waals surface area contributed by atoms with Crippen molar-refractivity contribution in [3.05, 3.63) is 93.7 Å². The second-order valence-corrected chi connectivity index (χ2v) is 12.0. The molecule has 2 aromatic rings. The summed E-state index contributed by atoms with van der Waals surface area (Å²) >= 11 is 7.02. The molecule has 2 aromatic carbocycles. The minimum Gasteiger partial charge on any atom is -0.508 e. The second kappa shape index (κ2) is 9.50. The van der Waals surface area contributed by atoms with Crippen molar-refractivity contribution < 1.29 is 14.4 Å². The normalized spacial score (nSPS) is 22.2. The summed E-state index contributed by atoms with van der Waals surface area (Å²) in [5, 5.41) is 10.9. The van der Waals surface area contributed by atoms with E-state index in [4.69, 9.17) is 16.3 Å². The summed E-state index contributed by atoms with van der Waals surface area (Å²) in [6.45, 7) is 8.94. The second-order valence-electron chi connectivity index (χ2n) is 11.6. The molecular weight excluding hydrogens is 492 g/mol.